The van der Waals surface area contributed by atoms with E-state index < -0.39 is 0 Å². The zero-order valence-electron chi connectivity index (χ0n) is 11.3. The average molecular weight is 277 g/mol. The molecule has 0 saturated heterocycles. The molecule has 0 spiro atoms. The highest BCUT2D eigenvalue weighted by atomic mass is 16.2. The van der Waals surface area contributed by atoms with Crippen LogP contribution in [0.1, 0.15) is 0 Å². The van der Waals surface area contributed by atoms with Crippen LogP contribution in [0.3, 0.4) is 0 Å². The number of hydrogen-bond acceptors (Lipinski definition) is 2. The van der Waals surface area contributed by atoms with Crippen molar-refractivity contribution >= 4 is 33.9 Å². The first kappa shape index (κ1) is 13.0. The molecular formula is C17H15N3O. The van der Waals surface area contributed by atoms with E-state index in [1.165, 1.54) is 0 Å². The Morgan fingerprint density at radius 1 is 0.762 bits per heavy atom. The van der Waals surface area contributed by atoms with Crippen molar-refractivity contribution in [3.8, 4) is 0 Å². The van der Waals surface area contributed by atoms with E-state index in [1.54, 1.807) is 0 Å². The van der Waals surface area contributed by atoms with Gasteiger partial charge in [0.1, 0.15) is 0 Å². The normalized spacial score (nSPS) is 10.3. The number of para-hydroxylation sites is 1. The lowest BCUT2D eigenvalue weighted by molar-refractivity contribution is 0.262. The lowest BCUT2D eigenvalue weighted by Gasteiger charge is -2.11. The molecule has 104 valence electrons. The van der Waals surface area contributed by atoms with E-state index >= 15 is 0 Å². The fourth-order valence-electron chi connectivity index (χ4n) is 2.25. The van der Waals surface area contributed by atoms with Crippen LogP contribution in [-0.4, -0.2) is 6.03 Å². The molecule has 0 fully saturated rings. The second-order valence-corrected chi connectivity index (χ2v) is 4.69. The summed E-state index contributed by atoms with van der Waals surface area (Å²) in [5.74, 6) is 0. The topological polar surface area (TPSA) is 67.1 Å². The number of amides is 2. The van der Waals surface area contributed by atoms with Gasteiger partial charge in [-0.15, -0.1) is 0 Å². The third-order valence-electron chi connectivity index (χ3n) is 3.24. The van der Waals surface area contributed by atoms with Crippen LogP contribution in [0.4, 0.5) is 21.9 Å². The van der Waals surface area contributed by atoms with Gasteiger partial charge >= 0.3 is 6.03 Å². The fraction of sp³-hybridized carbons (Fsp3) is 0. The quantitative estimate of drug-likeness (QED) is 0.618. The summed E-state index contributed by atoms with van der Waals surface area (Å²) in [6.45, 7) is 0. The van der Waals surface area contributed by atoms with Gasteiger partial charge in [-0.05, 0) is 24.3 Å². The zero-order chi connectivity index (χ0) is 14.7. The van der Waals surface area contributed by atoms with E-state index in [-0.39, 0.29) is 6.03 Å². The Hall–Kier alpha value is -3.01. The summed E-state index contributed by atoms with van der Waals surface area (Å²) >= 11 is 0. The molecule has 0 aliphatic carbocycles. The van der Waals surface area contributed by atoms with Crippen molar-refractivity contribution in [1.82, 2.24) is 0 Å². The molecule has 0 unspecified atom stereocenters. The van der Waals surface area contributed by atoms with E-state index in [2.05, 4.69) is 10.6 Å². The monoisotopic (exact) mass is 277 g/mol. The molecule has 4 heteroatoms. The molecule has 0 aromatic heterocycles. The number of rotatable bonds is 2. The maximum Gasteiger partial charge on any atom is 0.323 e. The number of nitrogens with two attached hydrogens (primary N) is 1. The number of fused-ring (bicyclic) bond motifs is 1. The SMILES string of the molecule is Nc1cccc2c(NC(=O)Nc3ccccc3)cccc12. The summed E-state index contributed by atoms with van der Waals surface area (Å²) in [4.78, 5) is 12.1. The summed E-state index contributed by atoms with van der Waals surface area (Å²) < 4.78 is 0. The van der Waals surface area contributed by atoms with Gasteiger partial charge in [-0.2, -0.15) is 0 Å². The highest BCUT2D eigenvalue weighted by Crippen LogP contribution is 2.27. The third kappa shape index (κ3) is 2.79. The van der Waals surface area contributed by atoms with Crippen LogP contribution in [0.25, 0.3) is 10.8 Å². The molecular weight excluding hydrogens is 262 g/mol. The number of carbonyl (C=O) groups excluding carboxylic acids is 1. The number of benzene rings is 3. The van der Waals surface area contributed by atoms with Gasteiger partial charge in [0, 0.05) is 22.1 Å². The Morgan fingerprint density at radius 3 is 2.29 bits per heavy atom. The van der Waals surface area contributed by atoms with Crippen LogP contribution in [-0.2, 0) is 0 Å². The molecule has 3 aromatic rings. The minimum Gasteiger partial charge on any atom is -0.398 e. The van der Waals surface area contributed by atoms with Crippen molar-refractivity contribution in [2.45, 2.75) is 0 Å². The lowest BCUT2D eigenvalue weighted by atomic mass is 10.1. The summed E-state index contributed by atoms with van der Waals surface area (Å²) in [6.07, 6.45) is 0. The van der Waals surface area contributed by atoms with Crippen LogP contribution in [0.5, 0.6) is 0 Å². The van der Waals surface area contributed by atoms with Gasteiger partial charge in [0.25, 0.3) is 0 Å². The maximum absolute atomic E-state index is 12.1. The second-order valence-electron chi connectivity index (χ2n) is 4.69. The first-order valence-corrected chi connectivity index (χ1v) is 6.64. The maximum atomic E-state index is 12.1. The molecule has 0 bridgehead atoms. The summed E-state index contributed by atoms with van der Waals surface area (Å²) in [7, 11) is 0. The van der Waals surface area contributed by atoms with Crippen LogP contribution in [0, 0.1) is 0 Å². The molecule has 21 heavy (non-hydrogen) atoms. The average Bonchev–Trinajstić information content (AvgIpc) is 2.49. The molecule has 0 aliphatic rings. The summed E-state index contributed by atoms with van der Waals surface area (Å²) in [6, 6.07) is 20.3. The van der Waals surface area contributed by atoms with E-state index in [9.17, 15) is 4.79 Å². The van der Waals surface area contributed by atoms with Gasteiger partial charge in [0.05, 0.1) is 5.69 Å². The zero-order valence-corrected chi connectivity index (χ0v) is 11.3. The predicted octanol–water partition coefficient (Wildman–Crippen LogP) is 4.07. The van der Waals surface area contributed by atoms with Crippen LogP contribution in [0.2, 0.25) is 0 Å². The standard InChI is InChI=1S/C17H15N3O/c18-15-10-4-9-14-13(15)8-5-11-16(14)20-17(21)19-12-6-2-1-3-7-12/h1-11H,18H2,(H2,19,20,21). The first-order valence-electron chi connectivity index (χ1n) is 6.64. The highest BCUT2D eigenvalue weighted by Gasteiger charge is 2.06. The van der Waals surface area contributed by atoms with Gasteiger partial charge in [0.2, 0.25) is 0 Å². The molecule has 3 aromatic carbocycles. The van der Waals surface area contributed by atoms with Crippen molar-refractivity contribution in [2.24, 2.45) is 0 Å². The van der Waals surface area contributed by atoms with Crippen LogP contribution < -0.4 is 16.4 Å². The highest BCUT2D eigenvalue weighted by molar-refractivity contribution is 6.08. The number of anilines is 3. The molecule has 4 N–H and O–H groups in total. The smallest absolute Gasteiger partial charge is 0.323 e. The Balaban J connectivity index is 1.85. The molecule has 0 heterocycles. The Morgan fingerprint density at radius 2 is 1.48 bits per heavy atom. The van der Waals surface area contributed by atoms with Crippen LogP contribution >= 0.6 is 0 Å². The lowest BCUT2D eigenvalue weighted by Crippen LogP contribution is -2.19. The van der Waals surface area contributed by atoms with E-state index in [1.807, 2.05) is 66.7 Å². The van der Waals surface area contributed by atoms with E-state index in [4.69, 9.17) is 5.73 Å². The predicted molar refractivity (Wildman–Crippen MR) is 87.4 cm³/mol. The number of nitrogens with one attached hydrogen (secondary N) is 2. The van der Waals surface area contributed by atoms with Crippen molar-refractivity contribution in [2.75, 3.05) is 16.4 Å². The molecule has 0 radical (unpaired) electrons. The molecule has 0 saturated carbocycles. The molecule has 3 rings (SSSR count). The number of hydrogen-bond donors (Lipinski definition) is 3. The molecule has 2 amide bonds. The van der Waals surface area contributed by atoms with Gasteiger partial charge in [-0.25, -0.2) is 4.79 Å². The van der Waals surface area contributed by atoms with Gasteiger partial charge in [-0.3, -0.25) is 0 Å². The fourth-order valence-corrected chi connectivity index (χ4v) is 2.25. The van der Waals surface area contributed by atoms with Crippen molar-refractivity contribution in [3.05, 3.63) is 66.7 Å². The Bertz CT molecular complexity index is 784. The van der Waals surface area contributed by atoms with Gasteiger partial charge < -0.3 is 16.4 Å². The number of nitrogen functional groups attached to an aromatic ring is 1. The number of carbonyl (C=O) groups is 1. The summed E-state index contributed by atoms with van der Waals surface area (Å²) in [5, 5.41) is 7.49. The largest absolute Gasteiger partial charge is 0.398 e. The van der Waals surface area contributed by atoms with E-state index in [0.717, 1.165) is 22.1 Å². The van der Waals surface area contributed by atoms with Gasteiger partial charge in [0.15, 0.2) is 0 Å². The second kappa shape index (κ2) is 5.54. The Labute approximate surface area is 122 Å². The van der Waals surface area contributed by atoms with Crippen molar-refractivity contribution in [3.63, 3.8) is 0 Å². The Kier molecular flexibility index (Phi) is 3.43. The minimum absolute atomic E-state index is 0.281. The molecule has 0 aliphatic heterocycles. The van der Waals surface area contributed by atoms with E-state index in [0.29, 0.717) is 5.69 Å². The van der Waals surface area contributed by atoms with Crippen LogP contribution in [0.15, 0.2) is 66.7 Å². The third-order valence-corrected chi connectivity index (χ3v) is 3.24. The molecule has 0 atom stereocenters. The minimum atomic E-state index is -0.281. The van der Waals surface area contributed by atoms with Crippen molar-refractivity contribution in [1.29, 1.82) is 0 Å². The molecule has 4 nitrogen and oxygen atoms in total. The number of urea groups is 1. The first-order chi connectivity index (χ1) is 10.2. The van der Waals surface area contributed by atoms with Crippen molar-refractivity contribution < 1.29 is 4.79 Å². The van der Waals surface area contributed by atoms with Gasteiger partial charge in [-0.1, -0.05) is 42.5 Å². The summed E-state index contributed by atoms with van der Waals surface area (Å²) in [5.41, 5.74) is 8.12.